The van der Waals surface area contributed by atoms with Crippen LogP contribution in [0, 0.1) is 11.8 Å². The lowest BCUT2D eigenvalue weighted by Gasteiger charge is -2.24. The Balaban J connectivity index is 0.000000219. The van der Waals surface area contributed by atoms with E-state index in [9.17, 15) is 0 Å². The third-order valence-corrected chi connectivity index (χ3v) is 4.34. The smallest absolute Gasteiger partial charge is 0.0532 e. The van der Waals surface area contributed by atoms with Crippen LogP contribution >= 0.6 is 0 Å². The second kappa shape index (κ2) is 10.8. The van der Waals surface area contributed by atoms with Gasteiger partial charge < -0.3 is 10.2 Å². The second-order valence-corrected chi connectivity index (χ2v) is 6.59. The summed E-state index contributed by atoms with van der Waals surface area (Å²) in [5, 5.41) is 9.80. The molecule has 1 fully saturated rings. The van der Waals surface area contributed by atoms with Crippen molar-refractivity contribution in [3.8, 4) is 0 Å². The van der Waals surface area contributed by atoms with Crippen LogP contribution in [0.4, 0.5) is 0 Å². The van der Waals surface area contributed by atoms with Gasteiger partial charge in [-0.05, 0) is 25.9 Å². The van der Waals surface area contributed by atoms with Gasteiger partial charge in [0, 0.05) is 31.4 Å². The van der Waals surface area contributed by atoms with Crippen molar-refractivity contribution in [1.82, 2.24) is 20.4 Å². The second-order valence-electron chi connectivity index (χ2n) is 6.59. The van der Waals surface area contributed by atoms with Gasteiger partial charge in [0.2, 0.25) is 0 Å². The Kier molecular flexibility index (Phi) is 9.35. The lowest BCUT2D eigenvalue weighted by molar-refractivity contribution is 0.279. The fraction of sp³-hybridized carbons (Fsp3) is 0.824. The molecule has 4 heteroatoms. The zero-order chi connectivity index (χ0) is 15.5. The van der Waals surface area contributed by atoms with E-state index in [1.54, 1.807) is 0 Å². The number of hydrogen-bond donors (Lipinski definition) is 2. The van der Waals surface area contributed by atoms with Gasteiger partial charge in [-0.15, -0.1) is 0 Å². The molecule has 1 aromatic rings. The monoisotopic (exact) mass is 294 g/mol. The first-order chi connectivity index (χ1) is 10.1. The molecule has 1 aliphatic carbocycles. The fourth-order valence-corrected chi connectivity index (χ4v) is 2.86. The van der Waals surface area contributed by atoms with E-state index in [1.807, 2.05) is 19.4 Å². The molecule has 0 atom stereocenters. The topological polar surface area (TPSA) is 44.0 Å². The Morgan fingerprint density at radius 1 is 1.33 bits per heavy atom. The quantitative estimate of drug-likeness (QED) is 0.846. The third kappa shape index (κ3) is 8.22. The van der Waals surface area contributed by atoms with Crippen LogP contribution in [0.1, 0.15) is 51.5 Å². The average molecular weight is 294 g/mol. The summed E-state index contributed by atoms with van der Waals surface area (Å²) >= 11 is 0. The minimum atomic E-state index is 0.935. The summed E-state index contributed by atoms with van der Waals surface area (Å²) < 4.78 is 0. The van der Waals surface area contributed by atoms with Gasteiger partial charge in [0.05, 0.1) is 6.20 Å². The lowest BCUT2D eigenvalue weighted by atomic mass is 9.82. The summed E-state index contributed by atoms with van der Waals surface area (Å²) in [4.78, 5) is 2.25. The minimum Gasteiger partial charge on any atom is -0.318 e. The molecule has 0 bridgehead atoms. The van der Waals surface area contributed by atoms with Crippen LogP contribution in [0.25, 0.3) is 0 Å². The molecule has 21 heavy (non-hydrogen) atoms. The predicted octanol–water partition coefficient (Wildman–Crippen LogP) is 3.28. The molecule has 1 aliphatic rings. The van der Waals surface area contributed by atoms with Gasteiger partial charge in [-0.2, -0.15) is 5.10 Å². The Bertz CT molecular complexity index is 329. The highest BCUT2D eigenvalue weighted by Gasteiger charge is 2.15. The van der Waals surface area contributed by atoms with Gasteiger partial charge in [-0.1, -0.05) is 46.0 Å². The van der Waals surface area contributed by atoms with E-state index in [4.69, 9.17) is 0 Å². The van der Waals surface area contributed by atoms with Crippen molar-refractivity contribution < 1.29 is 0 Å². The van der Waals surface area contributed by atoms with Gasteiger partial charge in [-0.3, -0.25) is 5.10 Å². The third-order valence-electron chi connectivity index (χ3n) is 4.34. The molecule has 0 amide bonds. The van der Waals surface area contributed by atoms with E-state index in [-0.39, 0.29) is 0 Å². The lowest BCUT2D eigenvalue weighted by Crippen LogP contribution is -2.26. The highest BCUT2D eigenvalue weighted by Crippen LogP contribution is 2.29. The minimum absolute atomic E-state index is 0.935. The van der Waals surface area contributed by atoms with E-state index in [0.717, 1.165) is 31.5 Å². The molecule has 0 unspecified atom stereocenters. The van der Waals surface area contributed by atoms with Gasteiger partial charge in [0.25, 0.3) is 0 Å². The summed E-state index contributed by atoms with van der Waals surface area (Å²) in [6.45, 7) is 7.75. The maximum atomic E-state index is 3.89. The molecule has 0 radical (unpaired) electrons. The van der Waals surface area contributed by atoms with Crippen molar-refractivity contribution in [2.45, 2.75) is 52.5 Å². The number of rotatable bonds is 6. The van der Waals surface area contributed by atoms with Crippen LogP contribution in [0.3, 0.4) is 0 Å². The molecular weight excluding hydrogens is 260 g/mol. The van der Waals surface area contributed by atoms with Gasteiger partial charge in [0.15, 0.2) is 0 Å². The summed E-state index contributed by atoms with van der Waals surface area (Å²) in [5.41, 5.74) is 1.23. The molecule has 0 saturated heterocycles. The van der Waals surface area contributed by atoms with Crippen LogP contribution in [-0.2, 0) is 6.54 Å². The highest BCUT2D eigenvalue weighted by molar-refractivity contribution is 5.01. The number of nitrogens with one attached hydrogen (secondary N) is 2. The first kappa shape index (κ1) is 18.2. The van der Waals surface area contributed by atoms with Crippen molar-refractivity contribution in [3.05, 3.63) is 18.0 Å². The number of hydrogen-bond acceptors (Lipinski definition) is 3. The molecular formula is C17H34N4. The molecule has 1 saturated carbocycles. The Hall–Kier alpha value is -0.870. The SMILES string of the molecule is CC(C)C1CCCCC1.CNCCN(C)Cc1cn[nH]c1. The van der Waals surface area contributed by atoms with Crippen molar-refractivity contribution >= 4 is 0 Å². The molecule has 2 rings (SSSR count). The summed E-state index contributed by atoms with van der Waals surface area (Å²) in [7, 11) is 4.07. The molecule has 0 aliphatic heterocycles. The van der Waals surface area contributed by atoms with E-state index >= 15 is 0 Å². The maximum absolute atomic E-state index is 3.89. The molecule has 4 nitrogen and oxygen atoms in total. The van der Waals surface area contributed by atoms with Crippen LogP contribution in [0.5, 0.6) is 0 Å². The number of aromatic amines is 1. The van der Waals surface area contributed by atoms with E-state index < -0.39 is 0 Å². The number of aromatic nitrogens is 2. The van der Waals surface area contributed by atoms with Crippen LogP contribution in [-0.4, -0.2) is 42.3 Å². The van der Waals surface area contributed by atoms with Crippen molar-refractivity contribution in [1.29, 1.82) is 0 Å². The van der Waals surface area contributed by atoms with E-state index in [1.165, 1.54) is 37.7 Å². The normalized spacial score (nSPS) is 16.1. The number of H-pyrrole nitrogens is 1. The first-order valence-corrected chi connectivity index (χ1v) is 8.44. The maximum Gasteiger partial charge on any atom is 0.0532 e. The zero-order valence-corrected chi connectivity index (χ0v) is 14.4. The Morgan fingerprint density at radius 3 is 2.52 bits per heavy atom. The molecule has 0 aromatic carbocycles. The number of likely N-dealkylation sites (N-methyl/N-ethyl adjacent to an activating group) is 2. The van der Waals surface area contributed by atoms with Crippen LogP contribution in [0.15, 0.2) is 12.4 Å². The summed E-state index contributed by atoms with van der Waals surface area (Å²) in [6.07, 6.45) is 11.2. The van der Waals surface area contributed by atoms with Crippen molar-refractivity contribution in [2.75, 3.05) is 27.2 Å². The molecule has 1 aromatic heterocycles. The first-order valence-electron chi connectivity index (χ1n) is 8.44. The van der Waals surface area contributed by atoms with Crippen LogP contribution < -0.4 is 5.32 Å². The molecule has 0 spiro atoms. The highest BCUT2D eigenvalue weighted by atomic mass is 15.1. The summed E-state index contributed by atoms with van der Waals surface area (Å²) in [6, 6.07) is 0. The van der Waals surface area contributed by atoms with Crippen molar-refractivity contribution in [2.24, 2.45) is 11.8 Å². The zero-order valence-electron chi connectivity index (χ0n) is 14.4. The van der Waals surface area contributed by atoms with Gasteiger partial charge >= 0.3 is 0 Å². The Morgan fingerprint density at radius 2 is 2.05 bits per heavy atom. The largest absolute Gasteiger partial charge is 0.318 e. The average Bonchev–Trinajstić information content (AvgIpc) is 2.99. The van der Waals surface area contributed by atoms with E-state index in [2.05, 4.69) is 41.3 Å². The molecule has 1 heterocycles. The van der Waals surface area contributed by atoms with E-state index in [0.29, 0.717) is 0 Å². The fourth-order valence-electron chi connectivity index (χ4n) is 2.86. The summed E-state index contributed by atoms with van der Waals surface area (Å²) in [5.74, 6) is 1.99. The van der Waals surface area contributed by atoms with Gasteiger partial charge in [-0.25, -0.2) is 0 Å². The van der Waals surface area contributed by atoms with Crippen molar-refractivity contribution in [3.63, 3.8) is 0 Å². The Labute approximate surface area is 130 Å². The van der Waals surface area contributed by atoms with Crippen LogP contribution in [0.2, 0.25) is 0 Å². The number of nitrogens with zero attached hydrogens (tertiary/aromatic N) is 2. The predicted molar refractivity (Wildman–Crippen MR) is 90.3 cm³/mol. The van der Waals surface area contributed by atoms with Gasteiger partial charge in [0.1, 0.15) is 0 Å². The standard InChI is InChI=1S/C9H18.C8H16N4/c1-8(2)9-6-4-3-5-7-9;1-9-3-4-12(2)7-8-5-10-11-6-8/h8-9H,3-7H2,1-2H3;5-6,9H,3-4,7H2,1-2H3,(H,10,11). The molecule has 122 valence electrons. The molecule has 2 N–H and O–H groups in total.